The van der Waals surface area contributed by atoms with Crippen LogP contribution in [0.4, 0.5) is 0 Å². The maximum Gasteiger partial charge on any atom is 0.0757 e. The fourth-order valence-corrected chi connectivity index (χ4v) is 0.320. The summed E-state index contributed by atoms with van der Waals surface area (Å²) in [6, 6.07) is 0. The molecular formula is C7H14O. The monoisotopic (exact) mass is 114 g/mol. The van der Waals surface area contributed by atoms with Crippen molar-refractivity contribution < 1.29 is 5.11 Å². The molecule has 0 aliphatic carbocycles. The van der Waals surface area contributed by atoms with Gasteiger partial charge in [-0.1, -0.05) is 20.8 Å². The lowest BCUT2D eigenvalue weighted by atomic mass is 9.91. The largest absolute Gasteiger partial charge is 0.516 e. The minimum Gasteiger partial charge on any atom is -0.516 e. The Kier molecular flexibility index (Phi) is 2.59. The second kappa shape index (κ2) is 2.75. The van der Waals surface area contributed by atoms with Crippen molar-refractivity contribution in [3.63, 3.8) is 0 Å². The zero-order valence-corrected chi connectivity index (χ0v) is 5.81. The van der Waals surface area contributed by atoms with Gasteiger partial charge < -0.3 is 5.11 Å². The van der Waals surface area contributed by atoms with Crippen LogP contribution in [-0.4, -0.2) is 5.11 Å². The fourth-order valence-electron chi connectivity index (χ4n) is 0.320. The van der Waals surface area contributed by atoms with Crippen LogP contribution in [0.2, 0.25) is 0 Å². The van der Waals surface area contributed by atoms with Crippen molar-refractivity contribution in [3.8, 4) is 0 Å². The molecule has 48 valence electrons. The van der Waals surface area contributed by atoms with Crippen molar-refractivity contribution in [2.45, 2.75) is 27.2 Å². The first kappa shape index (κ1) is 7.54. The van der Waals surface area contributed by atoms with Gasteiger partial charge in [-0.25, -0.2) is 0 Å². The van der Waals surface area contributed by atoms with Gasteiger partial charge in [0.1, 0.15) is 0 Å². The van der Waals surface area contributed by atoms with E-state index < -0.39 is 0 Å². The van der Waals surface area contributed by atoms with Gasteiger partial charge in [0, 0.05) is 0 Å². The van der Waals surface area contributed by atoms with E-state index in [4.69, 9.17) is 5.11 Å². The van der Waals surface area contributed by atoms with Gasteiger partial charge in [0.2, 0.25) is 0 Å². The summed E-state index contributed by atoms with van der Waals surface area (Å²) in [7, 11) is 0. The summed E-state index contributed by atoms with van der Waals surface area (Å²) in [6.07, 6.45) is 3.97. The summed E-state index contributed by atoms with van der Waals surface area (Å²) in [6.45, 7) is 6.26. The average Bonchev–Trinajstić information content (AvgIpc) is 1.67. The SMILES string of the molecule is CCC(C)(C)C=CO. The van der Waals surface area contributed by atoms with Gasteiger partial charge in [-0.3, -0.25) is 0 Å². The highest BCUT2D eigenvalue weighted by Gasteiger charge is 2.08. The Hall–Kier alpha value is -0.460. The predicted octanol–water partition coefficient (Wildman–Crippen LogP) is 2.49. The molecule has 0 spiro atoms. The Morgan fingerprint density at radius 2 is 2.00 bits per heavy atom. The summed E-state index contributed by atoms with van der Waals surface area (Å²) in [5, 5.41) is 8.35. The maximum atomic E-state index is 8.35. The topological polar surface area (TPSA) is 20.2 Å². The van der Waals surface area contributed by atoms with E-state index in [2.05, 4.69) is 20.8 Å². The molecule has 0 aromatic heterocycles. The molecule has 0 fully saturated rings. The summed E-state index contributed by atoms with van der Waals surface area (Å²) in [5.74, 6) is 0. The fraction of sp³-hybridized carbons (Fsp3) is 0.714. The highest BCUT2D eigenvalue weighted by atomic mass is 16.2. The molecule has 1 N–H and O–H groups in total. The van der Waals surface area contributed by atoms with Crippen LogP contribution in [-0.2, 0) is 0 Å². The van der Waals surface area contributed by atoms with Crippen molar-refractivity contribution in [1.29, 1.82) is 0 Å². The van der Waals surface area contributed by atoms with Gasteiger partial charge >= 0.3 is 0 Å². The van der Waals surface area contributed by atoms with Crippen molar-refractivity contribution in [1.82, 2.24) is 0 Å². The molecule has 0 aromatic rings. The van der Waals surface area contributed by atoms with Gasteiger partial charge in [-0.05, 0) is 17.9 Å². The molecule has 0 aromatic carbocycles. The molecule has 0 radical (unpaired) electrons. The minimum absolute atomic E-state index is 0.161. The van der Waals surface area contributed by atoms with E-state index in [9.17, 15) is 0 Å². The molecule has 1 nitrogen and oxygen atoms in total. The molecule has 0 rings (SSSR count). The Labute approximate surface area is 51.0 Å². The number of aliphatic hydroxyl groups excluding tert-OH is 1. The van der Waals surface area contributed by atoms with Gasteiger partial charge in [-0.15, -0.1) is 0 Å². The predicted molar refractivity (Wildman–Crippen MR) is 35.8 cm³/mol. The second-order valence-electron chi connectivity index (χ2n) is 2.66. The van der Waals surface area contributed by atoms with E-state index >= 15 is 0 Å². The van der Waals surface area contributed by atoms with Gasteiger partial charge in [0.25, 0.3) is 0 Å². The highest BCUT2D eigenvalue weighted by molar-refractivity contribution is 4.88. The van der Waals surface area contributed by atoms with E-state index in [1.54, 1.807) is 6.08 Å². The molecule has 0 atom stereocenters. The van der Waals surface area contributed by atoms with Crippen LogP contribution in [0.15, 0.2) is 12.3 Å². The molecule has 8 heavy (non-hydrogen) atoms. The van der Waals surface area contributed by atoms with E-state index in [1.165, 1.54) is 0 Å². The maximum absolute atomic E-state index is 8.35. The lowest BCUT2D eigenvalue weighted by molar-refractivity contribution is 0.419. The van der Waals surface area contributed by atoms with Gasteiger partial charge in [-0.2, -0.15) is 0 Å². The molecule has 0 bridgehead atoms. The molecule has 1 heteroatoms. The number of allylic oxidation sites excluding steroid dienone is 1. The Balaban J connectivity index is 3.71. The zero-order valence-electron chi connectivity index (χ0n) is 5.81. The smallest absolute Gasteiger partial charge is 0.0757 e. The number of hydrogen-bond donors (Lipinski definition) is 1. The lowest BCUT2D eigenvalue weighted by Crippen LogP contribution is -2.03. The van der Waals surface area contributed by atoms with Crippen molar-refractivity contribution in [2.75, 3.05) is 0 Å². The van der Waals surface area contributed by atoms with E-state index in [-0.39, 0.29) is 5.41 Å². The van der Waals surface area contributed by atoms with Gasteiger partial charge in [0.15, 0.2) is 0 Å². The number of hydrogen-bond acceptors (Lipinski definition) is 1. The van der Waals surface area contributed by atoms with E-state index in [1.807, 2.05) is 0 Å². The Bertz CT molecular complexity index is 82.4. The summed E-state index contributed by atoms with van der Waals surface area (Å²) in [5.41, 5.74) is 0.161. The molecule has 0 amide bonds. The first-order valence-electron chi connectivity index (χ1n) is 2.94. The standard InChI is InChI=1S/C7H14O/c1-4-7(2,3)5-6-8/h5-6,8H,4H2,1-3H3. The molecule has 0 aliphatic rings. The van der Waals surface area contributed by atoms with E-state index in [0.29, 0.717) is 0 Å². The average molecular weight is 114 g/mol. The Morgan fingerprint density at radius 3 is 2.12 bits per heavy atom. The molecule has 0 aliphatic heterocycles. The summed E-state index contributed by atoms with van der Waals surface area (Å²) in [4.78, 5) is 0. The van der Waals surface area contributed by atoms with Crippen LogP contribution in [0.25, 0.3) is 0 Å². The zero-order chi connectivity index (χ0) is 6.62. The molecule has 0 heterocycles. The molecular weight excluding hydrogens is 100 g/mol. The van der Waals surface area contributed by atoms with Gasteiger partial charge in [0.05, 0.1) is 6.26 Å². The third kappa shape index (κ3) is 2.67. The van der Waals surface area contributed by atoms with Crippen LogP contribution >= 0.6 is 0 Å². The van der Waals surface area contributed by atoms with Crippen LogP contribution in [0.1, 0.15) is 27.2 Å². The second-order valence-corrected chi connectivity index (χ2v) is 2.66. The normalized spacial score (nSPS) is 12.9. The third-order valence-electron chi connectivity index (χ3n) is 1.44. The first-order valence-corrected chi connectivity index (χ1v) is 2.94. The Morgan fingerprint density at radius 1 is 1.50 bits per heavy atom. The van der Waals surface area contributed by atoms with Crippen LogP contribution in [0.3, 0.4) is 0 Å². The van der Waals surface area contributed by atoms with Crippen molar-refractivity contribution in [2.24, 2.45) is 5.41 Å². The summed E-state index contributed by atoms with van der Waals surface area (Å²) < 4.78 is 0. The quantitative estimate of drug-likeness (QED) is 0.547. The van der Waals surface area contributed by atoms with Crippen molar-refractivity contribution >= 4 is 0 Å². The van der Waals surface area contributed by atoms with Crippen LogP contribution in [0, 0.1) is 5.41 Å². The third-order valence-corrected chi connectivity index (χ3v) is 1.44. The number of aliphatic hydroxyl groups is 1. The first-order chi connectivity index (χ1) is 3.62. The lowest BCUT2D eigenvalue weighted by Gasteiger charge is -2.15. The van der Waals surface area contributed by atoms with Crippen LogP contribution in [0.5, 0.6) is 0 Å². The molecule has 0 unspecified atom stereocenters. The number of rotatable bonds is 2. The molecule has 0 saturated heterocycles. The van der Waals surface area contributed by atoms with E-state index in [0.717, 1.165) is 12.7 Å². The van der Waals surface area contributed by atoms with Crippen molar-refractivity contribution in [3.05, 3.63) is 12.3 Å². The minimum atomic E-state index is 0.161. The summed E-state index contributed by atoms with van der Waals surface area (Å²) >= 11 is 0. The molecule has 0 saturated carbocycles. The van der Waals surface area contributed by atoms with Crippen LogP contribution < -0.4 is 0 Å². The highest BCUT2D eigenvalue weighted by Crippen LogP contribution is 2.20.